The van der Waals surface area contributed by atoms with Gasteiger partial charge in [-0.05, 0) is 72.8 Å². The van der Waals surface area contributed by atoms with Crippen LogP contribution in [0.5, 0.6) is 0 Å². The minimum atomic E-state index is -0.535. The zero-order chi connectivity index (χ0) is 19.5. The number of hydrogen-bond acceptors (Lipinski definition) is 4. The smallest absolute Gasteiger partial charge is 0.331 e. The molecule has 4 nitrogen and oxygen atoms in total. The van der Waals surface area contributed by atoms with E-state index in [1.807, 2.05) is 20.8 Å². The number of ether oxygens (including phenoxy) is 3. The molecule has 0 aromatic heterocycles. The first-order valence-corrected chi connectivity index (χ1v) is 8.87. The maximum Gasteiger partial charge on any atom is 0.331 e. The highest BCUT2D eigenvalue weighted by Gasteiger charge is 2.18. The molecule has 0 aliphatic heterocycles. The summed E-state index contributed by atoms with van der Waals surface area (Å²) in [5.74, 6) is -0.370. The highest BCUT2D eigenvalue weighted by Crippen LogP contribution is 2.18. The van der Waals surface area contributed by atoms with E-state index < -0.39 is 11.9 Å². The Morgan fingerprint density at radius 1 is 0.960 bits per heavy atom. The molecule has 0 aliphatic carbocycles. The maximum atomic E-state index is 12.1. The maximum absolute atomic E-state index is 12.1. The minimum Gasteiger partial charge on any atom is -0.457 e. The second kappa shape index (κ2) is 12.0. The first kappa shape index (κ1) is 23.6. The largest absolute Gasteiger partial charge is 0.457 e. The van der Waals surface area contributed by atoms with Crippen molar-refractivity contribution in [1.82, 2.24) is 0 Å². The third-order valence-corrected chi connectivity index (χ3v) is 3.46. The van der Waals surface area contributed by atoms with Crippen LogP contribution >= 0.6 is 0 Å². The summed E-state index contributed by atoms with van der Waals surface area (Å²) in [4.78, 5) is 12.1. The Morgan fingerprint density at radius 2 is 1.52 bits per heavy atom. The number of carbonyl (C=O) groups is 1. The highest BCUT2D eigenvalue weighted by molar-refractivity contribution is 5.83. The molecular formula is C21H36O4. The molecule has 0 aromatic carbocycles. The Balaban J connectivity index is 4.85. The van der Waals surface area contributed by atoms with E-state index in [4.69, 9.17) is 14.2 Å². The Bertz CT molecular complexity index is 485. The average molecular weight is 353 g/mol. The van der Waals surface area contributed by atoms with Crippen molar-refractivity contribution in [2.45, 2.75) is 79.1 Å². The van der Waals surface area contributed by atoms with Crippen molar-refractivity contribution in [1.29, 1.82) is 0 Å². The molecule has 0 aliphatic rings. The van der Waals surface area contributed by atoms with Gasteiger partial charge < -0.3 is 14.2 Å². The van der Waals surface area contributed by atoms with Gasteiger partial charge in [0.25, 0.3) is 0 Å². The quantitative estimate of drug-likeness (QED) is 0.230. The third kappa shape index (κ3) is 12.6. The number of rotatable bonds is 10. The van der Waals surface area contributed by atoms with Crippen molar-refractivity contribution in [3.8, 4) is 0 Å². The molecule has 0 saturated heterocycles. The van der Waals surface area contributed by atoms with E-state index in [1.54, 1.807) is 14.2 Å². The number of hydrogen-bond donors (Lipinski definition) is 0. The fourth-order valence-corrected chi connectivity index (χ4v) is 2.32. The van der Waals surface area contributed by atoms with Gasteiger partial charge in [-0.2, -0.15) is 0 Å². The van der Waals surface area contributed by atoms with E-state index in [1.165, 1.54) is 17.2 Å². The average Bonchev–Trinajstić information content (AvgIpc) is 2.45. The predicted octanol–water partition coefficient (Wildman–Crippen LogP) is 5.35. The number of allylic oxidation sites excluding steroid dienone is 4. The van der Waals surface area contributed by atoms with Crippen molar-refractivity contribution in [2.24, 2.45) is 0 Å². The van der Waals surface area contributed by atoms with Gasteiger partial charge in [0.05, 0.1) is 0 Å². The molecule has 25 heavy (non-hydrogen) atoms. The molecule has 0 atom stereocenters. The Morgan fingerprint density at radius 3 is 2.00 bits per heavy atom. The Hall–Kier alpha value is -1.39. The summed E-state index contributed by atoms with van der Waals surface area (Å²) >= 11 is 0. The number of methoxy groups -OCH3 is 2. The van der Waals surface area contributed by atoms with Crippen LogP contribution in [0.2, 0.25) is 0 Å². The van der Waals surface area contributed by atoms with Crippen molar-refractivity contribution < 1.29 is 19.0 Å². The van der Waals surface area contributed by atoms with Gasteiger partial charge in [0, 0.05) is 20.3 Å². The van der Waals surface area contributed by atoms with E-state index in [2.05, 4.69) is 32.9 Å². The highest BCUT2D eigenvalue weighted by atomic mass is 16.7. The van der Waals surface area contributed by atoms with Crippen LogP contribution in [0.4, 0.5) is 0 Å². The molecule has 4 heteroatoms. The van der Waals surface area contributed by atoms with Crippen LogP contribution in [-0.4, -0.2) is 32.1 Å². The molecule has 0 unspecified atom stereocenters. The normalized spacial score (nSPS) is 13.2. The van der Waals surface area contributed by atoms with Gasteiger partial charge in [0.15, 0.2) is 6.29 Å². The Kier molecular flexibility index (Phi) is 11.4. The summed E-state index contributed by atoms with van der Waals surface area (Å²) < 4.78 is 16.0. The van der Waals surface area contributed by atoms with E-state index in [0.29, 0.717) is 6.42 Å². The van der Waals surface area contributed by atoms with Crippen LogP contribution in [0.3, 0.4) is 0 Å². The molecular weight excluding hydrogens is 316 g/mol. The minimum absolute atomic E-state index is 0.370. The number of esters is 1. The molecule has 0 amide bonds. The first-order valence-electron chi connectivity index (χ1n) is 8.87. The van der Waals surface area contributed by atoms with Crippen molar-refractivity contribution >= 4 is 5.97 Å². The molecule has 0 radical (unpaired) electrons. The lowest BCUT2D eigenvalue weighted by atomic mass is 10.0. The summed E-state index contributed by atoms with van der Waals surface area (Å²) in [5.41, 5.74) is 2.96. The van der Waals surface area contributed by atoms with E-state index in [0.717, 1.165) is 24.8 Å². The third-order valence-electron chi connectivity index (χ3n) is 3.46. The molecule has 0 N–H and O–H groups in total. The van der Waals surface area contributed by atoms with Crippen LogP contribution in [0.15, 0.2) is 34.9 Å². The second-order valence-electron chi connectivity index (χ2n) is 7.47. The summed E-state index contributed by atoms with van der Waals surface area (Å²) in [6.07, 6.45) is 9.05. The monoisotopic (exact) mass is 352 g/mol. The van der Waals surface area contributed by atoms with Crippen molar-refractivity contribution in [3.05, 3.63) is 34.9 Å². The van der Waals surface area contributed by atoms with Gasteiger partial charge >= 0.3 is 5.97 Å². The molecule has 0 bridgehead atoms. The lowest BCUT2D eigenvalue weighted by Crippen LogP contribution is -2.24. The topological polar surface area (TPSA) is 44.8 Å². The summed E-state index contributed by atoms with van der Waals surface area (Å²) in [6.45, 7) is 11.9. The van der Waals surface area contributed by atoms with Crippen molar-refractivity contribution in [3.63, 3.8) is 0 Å². The van der Waals surface area contributed by atoms with Crippen LogP contribution in [-0.2, 0) is 19.0 Å². The van der Waals surface area contributed by atoms with Gasteiger partial charge in [-0.1, -0.05) is 23.3 Å². The molecule has 0 saturated carbocycles. The molecule has 0 heterocycles. The molecule has 0 spiro atoms. The first-order chi connectivity index (χ1) is 11.6. The van der Waals surface area contributed by atoms with Gasteiger partial charge in [0.1, 0.15) is 5.60 Å². The van der Waals surface area contributed by atoms with Crippen LogP contribution in [0, 0.1) is 0 Å². The van der Waals surface area contributed by atoms with E-state index in [-0.39, 0.29) is 5.97 Å². The zero-order valence-electron chi connectivity index (χ0n) is 17.3. The predicted molar refractivity (Wildman–Crippen MR) is 103 cm³/mol. The van der Waals surface area contributed by atoms with Gasteiger partial charge in [-0.3, -0.25) is 0 Å². The van der Waals surface area contributed by atoms with Crippen LogP contribution < -0.4 is 0 Å². The molecule has 0 rings (SSSR count). The fourth-order valence-electron chi connectivity index (χ4n) is 2.32. The number of carbonyl (C=O) groups excluding carboxylic acids is 1. The molecule has 0 fully saturated rings. The van der Waals surface area contributed by atoms with Crippen LogP contribution in [0.1, 0.15) is 67.2 Å². The standard InChI is InChI=1S/C21H36O4/c1-16(2)11-9-12-17(3)13-10-14-18(20(23-7)24-8)15-19(22)25-21(4,5)6/h11,13,15,20H,9-10,12,14H2,1-8H3/b17-13+,18-15+. The fraction of sp³-hybridized carbons (Fsp3) is 0.667. The zero-order valence-corrected chi connectivity index (χ0v) is 17.3. The Labute approximate surface area is 153 Å². The van der Waals surface area contributed by atoms with Crippen LogP contribution in [0.25, 0.3) is 0 Å². The summed E-state index contributed by atoms with van der Waals surface area (Å²) in [5, 5.41) is 0. The van der Waals surface area contributed by atoms with E-state index in [9.17, 15) is 4.79 Å². The van der Waals surface area contributed by atoms with Gasteiger partial charge in [-0.25, -0.2) is 4.79 Å². The summed E-state index contributed by atoms with van der Waals surface area (Å²) in [6, 6.07) is 0. The molecule has 144 valence electrons. The second-order valence-corrected chi connectivity index (χ2v) is 7.47. The van der Waals surface area contributed by atoms with Gasteiger partial charge in [-0.15, -0.1) is 0 Å². The molecule has 0 aromatic rings. The lowest BCUT2D eigenvalue weighted by molar-refractivity contribution is -0.149. The summed E-state index contributed by atoms with van der Waals surface area (Å²) in [7, 11) is 3.13. The van der Waals surface area contributed by atoms with E-state index >= 15 is 0 Å². The van der Waals surface area contributed by atoms with Gasteiger partial charge in [0.2, 0.25) is 0 Å². The lowest BCUT2D eigenvalue weighted by Gasteiger charge is -2.20. The van der Waals surface area contributed by atoms with Crippen molar-refractivity contribution in [2.75, 3.05) is 14.2 Å². The SMILES string of the molecule is COC(OC)/C(=C/C(=O)OC(C)(C)C)CC/C=C(\C)CCC=C(C)C.